The van der Waals surface area contributed by atoms with Crippen molar-refractivity contribution in [2.24, 2.45) is 0 Å². The average molecular weight is 289 g/mol. The SMILES string of the molecule is COc1ccc2c(c1)C(NCC1(O)CCCCC1)CCC2. The number of hydrogen-bond donors (Lipinski definition) is 2. The maximum absolute atomic E-state index is 10.7. The molecule has 2 aliphatic rings. The van der Waals surface area contributed by atoms with Gasteiger partial charge in [0, 0.05) is 12.6 Å². The van der Waals surface area contributed by atoms with Gasteiger partial charge in [-0.1, -0.05) is 25.3 Å². The first-order valence-electron chi connectivity index (χ1n) is 8.33. The van der Waals surface area contributed by atoms with E-state index in [0.29, 0.717) is 12.6 Å². The molecule has 0 saturated heterocycles. The van der Waals surface area contributed by atoms with E-state index < -0.39 is 5.60 Å². The predicted molar refractivity (Wildman–Crippen MR) is 84.7 cm³/mol. The normalized spacial score (nSPS) is 24.4. The van der Waals surface area contributed by atoms with Crippen molar-refractivity contribution in [2.75, 3.05) is 13.7 Å². The first-order valence-corrected chi connectivity index (χ1v) is 8.33. The molecule has 3 nitrogen and oxygen atoms in total. The van der Waals surface area contributed by atoms with Crippen LogP contribution in [0.5, 0.6) is 5.75 Å². The van der Waals surface area contributed by atoms with Crippen molar-refractivity contribution in [3.05, 3.63) is 29.3 Å². The molecule has 0 radical (unpaired) electrons. The first kappa shape index (κ1) is 14.9. The topological polar surface area (TPSA) is 41.5 Å². The molecule has 2 N–H and O–H groups in total. The van der Waals surface area contributed by atoms with Crippen LogP contribution >= 0.6 is 0 Å². The van der Waals surface area contributed by atoms with Gasteiger partial charge >= 0.3 is 0 Å². The Morgan fingerprint density at radius 2 is 2.05 bits per heavy atom. The molecule has 116 valence electrons. The van der Waals surface area contributed by atoms with Gasteiger partial charge in [-0.2, -0.15) is 0 Å². The molecular formula is C18H27NO2. The van der Waals surface area contributed by atoms with Crippen LogP contribution in [0.4, 0.5) is 0 Å². The molecule has 0 spiro atoms. The summed E-state index contributed by atoms with van der Waals surface area (Å²) < 4.78 is 5.37. The van der Waals surface area contributed by atoms with Crippen LogP contribution in [-0.2, 0) is 6.42 Å². The molecular weight excluding hydrogens is 262 g/mol. The van der Waals surface area contributed by atoms with Crippen molar-refractivity contribution in [2.45, 2.75) is 63.0 Å². The zero-order valence-corrected chi connectivity index (χ0v) is 13.0. The second kappa shape index (κ2) is 6.37. The van der Waals surface area contributed by atoms with E-state index in [0.717, 1.165) is 44.3 Å². The summed E-state index contributed by atoms with van der Waals surface area (Å²) in [5.74, 6) is 0.929. The van der Waals surface area contributed by atoms with Crippen molar-refractivity contribution < 1.29 is 9.84 Å². The Morgan fingerprint density at radius 3 is 2.81 bits per heavy atom. The lowest BCUT2D eigenvalue weighted by Crippen LogP contribution is -2.43. The molecule has 3 rings (SSSR count). The highest BCUT2D eigenvalue weighted by molar-refractivity contribution is 5.39. The minimum atomic E-state index is -0.491. The minimum absolute atomic E-state index is 0.356. The fourth-order valence-corrected chi connectivity index (χ4v) is 3.82. The number of aliphatic hydroxyl groups is 1. The summed E-state index contributed by atoms with van der Waals surface area (Å²) in [6.07, 6.45) is 9.00. The Balaban J connectivity index is 1.69. The Hall–Kier alpha value is -1.06. The summed E-state index contributed by atoms with van der Waals surface area (Å²) in [4.78, 5) is 0. The van der Waals surface area contributed by atoms with Crippen molar-refractivity contribution in [1.82, 2.24) is 5.32 Å². The molecule has 1 atom stereocenters. The van der Waals surface area contributed by atoms with Gasteiger partial charge in [-0.15, -0.1) is 0 Å². The van der Waals surface area contributed by atoms with Crippen LogP contribution in [0.15, 0.2) is 18.2 Å². The van der Waals surface area contributed by atoms with Crippen molar-refractivity contribution in [3.63, 3.8) is 0 Å². The van der Waals surface area contributed by atoms with E-state index in [1.165, 1.54) is 24.0 Å². The van der Waals surface area contributed by atoms with Crippen LogP contribution in [0.1, 0.15) is 62.1 Å². The highest BCUT2D eigenvalue weighted by Gasteiger charge is 2.30. The van der Waals surface area contributed by atoms with E-state index in [1.807, 2.05) is 0 Å². The zero-order chi connectivity index (χ0) is 14.7. The smallest absolute Gasteiger partial charge is 0.119 e. The average Bonchev–Trinajstić information content (AvgIpc) is 2.53. The van der Waals surface area contributed by atoms with E-state index in [4.69, 9.17) is 4.74 Å². The summed E-state index contributed by atoms with van der Waals surface area (Å²) in [6.45, 7) is 0.717. The summed E-state index contributed by atoms with van der Waals surface area (Å²) in [6, 6.07) is 6.76. The molecule has 1 aromatic rings. The third-order valence-corrected chi connectivity index (χ3v) is 5.13. The molecule has 1 fully saturated rings. The first-order chi connectivity index (χ1) is 10.2. The van der Waals surface area contributed by atoms with E-state index in [2.05, 4.69) is 23.5 Å². The van der Waals surface area contributed by atoms with Gasteiger partial charge in [0.15, 0.2) is 0 Å². The summed E-state index contributed by atoms with van der Waals surface area (Å²) in [5.41, 5.74) is 2.30. The highest BCUT2D eigenvalue weighted by atomic mass is 16.5. The third kappa shape index (κ3) is 3.41. The van der Waals surface area contributed by atoms with Crippen LogP contribution in [0, 0.1) is 0 Å². The standard InChI is InChI=1S/C18H27NO2/c1-21-15-9-8-14-6-5-7-17(16(14)12-15)19-13-18(20)10-3-2-4-11-18/h8-9,12,17,19-20H,2-7,10-11,13H2,1H3. The van der Waals surface area contributed by atoms with Gasteiger partial charge in [-0.25, -0.2) is 0 Å². The summed E-state index contributed by atoms with van der Waals surface area (Å²) in [7, 11) is 1.72. The molecule has 0 bridgehead atoms. The van der Waals surface area contributed by atoms with Crippen LogP contribution in [-0.4, -0.2) is 24.4 Å². The second-order valence-electron chi connectivity index (χ2n) is 6.68. The molecule has 1 saturated carbocycles. The van der Waals surface area contributed by atoms with Gasteiger partial charge in [0.25, 0.3) is 0 Å². The number of ether oxygens (including phenoxy) is 1. The number of benzene rings is 1. The van der Waals surface area contributed by atoms with E-state index >= 15 is 0 Å². The molecule has 1 aromatic carbocycles. The number of methoxy groups -OCH3 is 1. The van der Waals surface area contributed by atoms with Crippen molar-refractivity contribution in [3.8, 4) is 5.75 Å². The van der Waals surface area contributed by atoms with E-state index in [9.17, 15) is 5.11 Å². The molecule has 0 aromatic heterocycles. The van der Waals surface area contributed by atoms with Gasteiger partial charge < -0.3 is 15.2 Å². The maximum atomic E-state index is 10.7. The van der Waals surface area contributed by atoms with Crippen LogP contribution in [0.2, 0.25) is 0 Å². The lowest BCUT2D eigenvalue weighted by molar-refractivity contribution is 0.00215. The van der Waals surface area contributed by atoms with Gasteiger partial charge in [-0.05, 0) is 55.4 Å². The van der Waals surface area contributed by atoms with Gasteiger partial charge in [0.05, 0.1) is 12.7 Å². The van der Waals surface area contributed by atoms with Crippen molar-refractivity contribution >= 4 is 0 Å². The molecule has 2 aliphatic carbocycles. The monoisotopic (exact) mass is 289 g/mol. The fraction of sp³-hybridized carbons (Fsp3) is 0.667. The quantitative estimate of drug-likeness (QED) is 0.893. The number of fused-ring (bicyclic) bond motifs is 1. The summed E-state index contributed by atoms with van der Waals surface area (Å²) >= 11 is 0. The molecule has 3 heteroatoms. The molecule has 0 amide bonds. The second-order valence-corrected chi connectivity index (χ2v) is 6.68. The largest absolute Gasteiger partial charge is 0.497 e. The lowest BCUT2D eigenvalue weighted by atomic mass is 9.83. The molecule has 21 heavy (non-hydrogen) atoms. The van der Waals surface area contributed by atoms with Gasteiger partial charge in [0.2, 0.25) is 0 Å². The van der Waals surface area contributed by atoms with E-state index in [-0.39, 0.29) is 0 Å². The Morgan fingerprint density at radius 1 is 1.24 bits per heavy atom. The summed E-state index contributed by atoms with van der Waals surface area (Å²) in [5, 5.41) is 14.3. The lowest BCUT2D eigenvalue weighted by Gasteiger charge is -2.35. The maximum Gasteiger partial charge on any atom is 0.119 e. The van der Waals surface area contributed by atoms with Gasteiger partial charge in [0.1, 0.15) is 5.75 Å². The van der Waals surface area contributed by atoms with Crippen LogP contribution in [0.25, 0.3) is 0 Å². The molecule has 1 unspecified atom stereocenters. The predicted octanol–water partition coefficient (Wildman–Crippen LogP) is 3.36. The number of hydrogen-bond acceptors (Lipinski definition) is 3. The highest BCUT2D eigenvalue weighted by Crippen LogP contribution is 2.34. The van der Waals surface area contributed by atoms with Gasteiger partial charge in [-0.3, -0.25) is 0 Å². The van der Waals surface area contributed by atoms with Crippen molar-refractivity contribution in [1.29, 1.82) is 0 Å². The van der Waals surface area contributed by atoms with E-state index in [1.54, 1.807) is 7.11 Å². The van der Waals surface area contributed by atoms with Crippen LogP contribution in [0.3, 0.4) is 0 Å². The minimum Gasteiger partial charge on any atom is -0.497 e. The molecule has 0 aliphatic heterocycles. The van der Waals surface area contributed by atoms with Crippen LogP contribution < -0.4 is 10.1 Å². The fourth-order valence-electron chi connectivity index (χ4n) is 3.82. The number of aryl methyl sites for hydroxylation is 1. The zero-order valence-electron chi connectivity index (χ0n) is 13.0. The number of nitrogens with one attached hydrogen (secondary N) is 1. The Kier molecular flexibility index (Phi) is 4.51. The molecule has 0 heterocycles. The number of rotatable bonds is 4. The Bertz CT molecular complexity index is 480. The third-order valence-electron chi connectivity index (χ3n) is 5.13. The Labute approximate surface area is 127 Å².